The van der Waals surface area contributed by atoms with Crippen molar-refractivity contribution in [1.82, 2.24) is 10.2 Å². The lowest BCUT2D eigenvalue weighted by Gasteiger charge is -2.44. The highest BCUT2D eigenvalue weighted by Gasteiger charge is 2.38. The topological polar surface area (TPSA) is 69.6 Å². The van der Waals surface area contributed by atoms with Gasteiger partial charge in [0.1, 0.15) is 0 Å². The maximum absolute atomic E-state index is 11.6. The monoisotopic (exact) mass is 268 g/mol. The smallest absolute Gasteiger partial charge is 0.252 e. The number of β-amino-alcohol motifs (C(OH)–C–C–N with tert-alkyl or cyclic N) is 1. The molecule has 0 aliphatic carbocycles. The minimum absolute atomic E-state index is 0.0351. The molecule has 1 aliphatic heterocycles. The molecule has 2 heterocycles. The molecule has 2 rings (SSSR count). The molecule has 98 valence electrons. The third-order valence-electron chi connectivity index (χ3n) is 2.82. The highest BCUT2D eigenvalue weighted by molar-refractivity contribution is 7.08. The van der Waals surface area contributed by atoms with E-state index in [4.69, 9.17) is 0 Å². The summed E-state index contributed by atoms with van der Waals surface area (Å²) in [4.78, 5) is 24.8. The average Bonchev–Trinajstić information content (AvgIpc) is 2.78. The second kappa shape index (κ2) is 5.07. The van der Waals surface area contributed by atoms with Gasteiger partial charge in [-0.1, -0.05) is 0 Å². The van der Waals surface area contributed by atoms with E-state index in [0.29, 0.717) is 25.2 Å². The molecule has 1 aromatic heterocycles. The Balaban J connectivity index is 1.67. The molecule has 1 aliphatic rings. The number of rotatable bonds is 4. The maximum atomic E-state index is 11.6. The Hall–Kier alpha value is -1.40. The van der Waals surface area contributed by atoms with Gasteiger partial charge in [0.25, 0.3) is 5.91 Å². The van der Waals surface area contributed by atoms with Crippen LogP contribution in [-0.4, -0.2) is 47.1 Å². The van der Waals surface area contributed by atoms with Crippen molar-refractivity contribution in [2.45, 2.75) is 18.9 Å². The minimum atomic E-state index is -0.740. The average molecular weight is 268 g/mol. The molecule has 5 nitrogen and oxygen atoms in total. The van der Waals surface area contributed by atoms with Crippen LogP contribution in [0.4, 0.5) is 0 Å². The highest BCUT2D eigenvalue weighted by atomic mass is 32.1. The maximum Gasteiger partial charge on any atom is 0.252 e. The van der Waals surface area contributed by atoms with Crippen molar-refractivity contribution in [1.29, 1.82) is 0 Å². The standard InChI is InChI=1S/C12H16N2O3S/c1-12(17)7-14(8-12)10(15)2-4-13-11(16)9-3-5-18-6-9/h3,5-6,17H,2,4,7-8H2,1H3,(H,13,16). The summed E-state index contributed by atoms with van der Waals surface area (Å²) in [7, 11) is 0. The Morgan fingerprint density at radius 1 is 1.56 bits per heavy atom. The number of likely N-dealkylation sites (tertiary alicyclic amines) is 1. The third-order valence-corrected chi connectivity index (χ3v) is 3.51. The van der Waals surface area contributed by atoms with E-state index in [1.165, 1.54) is 11.3 Å². The van der Waals surface area contributed by atoms with Crippen LogP contribution in [0.15, 0.2) is 16.8 Å². The largest absolute Gasteiger partial charge is 0.386 e. The van der Waals surface area contributed by atoms with Gasteiger partial charge in [-0.05, 0) is 18.4 Å². The molecule has 0 spiro atoms. The van der Waals surface area contributed by atoms with Crippen LogP contribution in [0, 0.1) is 0 Å². The normalized spacial score (nSPS) is 17.1. The van der Waals surface area contributed by atoms with Crippen LogP contribution in [0.25, 0.3) is 0 Å². The Bertz CT molecular complexity index is 434. The Kier molecular flexibility index (Phi) is 3.68. The number of amides is 2. The van der Waals surface area contributed by atoms with Crippen LogP contribution >= 0.6 is 11.3 Å². The van der Waals surface area contributed by atoms with Crippen LogP contribution in [0.3, 0.4) is 0 Å². The summed E-state index contributed by atoms with van der Waals surface area (Å²) < 4.78 is 0. The molecular weight excluding hydrogens is 252 g/mol. The lowest BCUT2D eigenvalue weighted by molar-refractivity contribution is -0.152. The number of nitrogens with zero attached hydrogens (tertiary/aromatic N) is 1. The summed E-state index contributed by atoms with van der Waals surface area (Å²) in [5.74, 6) is -0.188. The summed E-state index contributed by atoms with van der Waals surface area (Å²) in [5.41, 5.74) is -0.116. The number of hydrogen-bond donors (Lipinski definition) is 2. The molecule has 0 saturated carbocycles. The van der Waals surface area contributed by atoms with Gasteiger partial charge in [-0.2, -0.15) is 11.3 Å². The molecule has 18 heavy (non-hydrogen) atoms. The predicted molar refractivity (Wildman–Crippen MR) is 68.5 cm³/mol. The molecule has 0 atom stereocenters. The number of carbonyl (C=O) groups is 2. The number of thiophene rings is 1. The van der Waals surface area contributed by atoms with Gasteiger partial charge in [-0.25, -0.2) is 0 Å². The number of aliphatic hydroxyl groups is 1. The third kappa shape index (κ3) is 3.08. The second-order valence-corrected chi connectivity index (χ2v) is 5.54. The lowest BCUT2D eigenvalue weighted by Crippen LogP contribution is -2.61. The molecule has 1 aromatic rings. The zero-order valence-corrected chi connectivity index (χ0v) is 11.0. The van der Waals surface area contributed by atoms with Gasteiger partial charge < -0.3 is 15.3 Å². The van der Waals surface area contributed by atoms with Gasteiger partial charge in [-0.15, -0.1) is 0 Å². The second-order valence-electron chi connectivity index (χ2n) is 4.76. The molecule has 1 saturated heterocycles. The van der Waals surface area contributed by atoms with Crippen molar-refractivity contribution in [3.63, 3.8) is 0 Å². The summed E-state index contributed by atoms with van der Waals surface area (Å²) in [5, 5.41) is 15.8. The van der Waals surface area contributed by atoms with Crippen molar-refractivity contribution >= 4 is 23.2 Å². The number of nitrogens with one attached hydrogen (secondary N) is 1. The molecular formula is C12H16N2O3S. The Morgan fingerprint density at radius 3 is 2.83 bits per heavy atom. The molecule has 2 amide bonds. The van der Waals surface area contributed by atoms with Crippen LogP contribution in [0.1, 0.15) is 23.7 Å². The van der Waals surface area contributed by atoms with E-state index in [0.717, 1.165) is 0 Å². The molecule has 0 aromatic carbocycles. The van der Waals surface area contributed by atoms with Gasteiger partial charge in [0.05, 0.1) is 18.7 Å². The van der Waals surface area contributed by atoms with Gasteiger partial charge in [0, 0.05) is 23.9 Å². The van der Waals surface area contributed by atoms with E-state index >= 15 is 0 Å². The predicted octanol–water partition coefficient (Wildman–Crippen LogP) is 0.461. The van der Waals surface area contributed by atoms with E-state index in [9.17, 15) is 14.7 Å². The highest BCUT2D eigenvalue weighted by Crippen LogP contribution is 2.20. The number of carbonyl (C=O) groups excluding carboxylic acids is 2. The fourth-order valence-electron chi connectivity index (χ4n) is 1.89. The Labute approximate surface area is 109 Å². The van der Waals surface area contributed by atoms with Crippen LogP contribution in [-0.2, 0) is 4.79 Å². The van der Waals surface area contributed by atoms with Crippen LogP contribution in [0.2, 0.25) is 0 Å². The van der Waals surface area contributed by atoms with Crippen molar-refractivity contribution < 1.29 is 14.7 Å². The van der Waals surface area contributed by atoms with Gasteiger partial charge in [0.2, 0.25) is 5.91 Å². The molecule has 0 unspecified atom stereocenters. The van der Waals surface area contributed by atoms with E-state index in [1.807, 2.05) is 5.38 Å². The van der Waals surface area contributed by atoms with Crippen LogP contribution < -0.4 is 5.32 Å². The first-order valence-corrected chi connectivity index (χ1v) is 6.73. The van der Waals surface area contributed by atoms with E-state index in [-0.39, 0.29) is 18.2 Å². The van der Waals surface area contributed by atoms with E-state index in [1.54, 1.807) is 23.3 Å². The first-order chi connectivity index (χ1) is 8.48. The van der Waals surface area contributed by atoms with Crippen molar-refractivity contribution in [3.8, 4) is 0 Å². The van der Waals surface area contributed by atoms with Crippen molar-refractivity contribution in [3.05, 3.63) is 22.4 Å². The summed E-state index contributed by atoms with van der Waals surface area (Å²) in [6.07, 6.45) is 0.270. The quantitative estimate of drug-likeness (QED) is 0.833. The molecule has 2 N–H and O–H groups in total. The SMILES string of the molecule is CC1(O)CN(C(=O)CCNC(=O)c2ccsc2)C1. The van der Waals surface area contributed by atoms with Gasteiger partial charge >= 0.3 is 0 Å². The fraction of sp³-hybridized carbons (Fsp3) is 0.500. The zero-order chi connectivity index (χ0) is 13.2. The summed E-state index contributed by atoms with van der Waals surface area (Å²) >= 11 is 1.46. The molecule has 1 fully saturated rings. The van der Waals surface area contributed by atoms with E-state index < -0.39 is 5.60 Å². The molecule has 0 bridgehead atoms. The van der Waals surface area contributed by atoms with E-state index in [2.05, 4.69) is 5.32 Å². The lowest BCUT2D eigenvalue weighted by atomic mass is 9.96. The number of hydrogen-bond acceptors (Lipinski definition) is 4. The van der Waals surface area contributed by atoms with Gasteiger partial charge in [-0.3, -0.25) is 9.59 Å². The zero-order valence-electron chi connectivity index (χ0n) is 10.2. The minimum Gasteiger partial charge on any atom is -0.386 e. The fourth-order valence-corrected chi connectivity index (χ4v) is 2.53. The van der Waals surface area contributed by atoms with Crippen molar-refractivity contribution in [2.75, 3.05) is 19.6 Å². The summed E-state index contributed by atoms with van der Waals surface area (Å²) in [6.45, 7) is 2.79. The molecule has 6 heteroatoms. The van der Waals surface area contributed by atoms with Gasteiger partial charge in [0.15, 0.2) is 0 Å². The first-order valence-electron chi connectivity index (χ1n) is 5.78. The summed E-state index contributed by atoms with van der Waals surface area (Å²) in [6, 6.07) is 1.74. The molecule has 0 radical (unpaired) electrons. The van der Waals surface area contributed by atoms with Crippen LogP contribution in [0.5, 0.6) is 0 Å². The van der Waals surface area contributed by atoms with Crippen molar-refractivity contribution in [2.24, 2.45) is 0 Å². The first kappa shape index (κ1) is 13.0. The Morgan fingerprint density at radius 2 is 2.28 bits per heavy atom.